The first-order chi connectivity index (χ1) is 9.76. The molecule has 0 radical (unpaired) electrons. The van der Waals surface area contributed by atoms with Crippen LogP contribution in [-0.4, -0.2) is 13.7 Å². The number of hydrogen-bond acceptors (Lipinski definition) is 2. The molecular weight excluding hydrogens is 253 g/mol. The van der Waals surface area contributed by atoms with E-state index in [0.717, 1.165) is 28.9 Å². The van der Waals surface area contributed by atoms with E-state index in [2.05, 4.69) is 12.2 Å². The summed E-state index contributed by atoms with van der Waals surface area (Å²) in [4.78, 5) is 0. The summed E-state index contributed by atoms with van der Waals surface area (Å²) in [6.45, 7) is 3.42. The van der Waals surface area contributed by atoms with Crippen molar-refractivity contribution in [3.05, 3.63) is 53.8 Å². The lowest BCUT2D eigenvalue weighted by Crippen LogP contribution is -2.07. The quantitative estimate of drug-likeness (QED) is 0.859. The van der Waals surface area contributed by atoms with Gasteiger partial charge in [-0.1, -0.05) is 31.2 Å². The fraction of sp³-hybridized carbons (Fsp3) is 0.294. The zero-order chi connectivity index (χ0) is 14.4. The van der Waals surface area contributed by atoms with E-state index in [1.807, 2.05) is 37.4 Å². The van der Waals surface area contributed by atoms with Crippen molar-refractivity contribution in [1.29, 1.82) is 0 Å². The second-order valence-corrected chi connectivity index (χ2v) is 4.68. The van der Waals surface area contributed by atoms with E-state index in [-0.39, 0.29) is 5.82 Å². The Morgan fingerprint density at radius 3 is 2.65 bits per heavy atom. The van der Waals surface area contributed by atoms with Gasteiger partial charge in [0.05, 0.1) is 6.61 Å². The topological polar surface area (TPSA) is 21.3 Å². The van der Waals surface area contributed by atoms with Gasteiger partial charge in [0, 0.05) is 12.1 Å². The second kappa shape index (κ2) is 7.06. The Bertz CT molecular complexity index is 569. The third-order valence-corrected chi connectivity index (χ3v) is 3.08. The number of benzene rings is 2. The van der Waals surface area contributed by atoms with Gasteiger partial charge < -0.3 is 10.1 Å². The highest BCUT2D eigenvalue weighted by Gasteiger charge is 2.11. The van der Waals surface area contributed by atoms with E-state index in [4.69, 9.17) is 4.74 Å². The summed E-state index contributed by atoms with van der Waals surface area (Å²) in [5.41, 5.74) is 2.87. The van der Waals surface area contributed by atoms with Crippen molar-refractivity contribution in [2.75, 3.05) is 13.7 Å². The lowest BCUT2D eigenvalue weighted by molar-refractivity contribution is 0.318. The summed E-state index contributed by atoms with van der Waals surface area (Å²) in [5, 5.41) is 3.11. The van der Waals surface area contributed by atoms with Crippen molar-refractivity contribution in [2.24, 2.45) is 0 Å². The minimum atomic E-state index is -0.231. The minimum absolute atomic E-state index is 0.231. The highest BCUT2D eigenvalue weighted by atomic mass is 19.1. The second-order valence-electron chi connectivity index (χ2n) is 4.68. The molecule has 3 heteroatoms. The highest BCUT2D eigenvalue weighted by molar-refractivity contribution is 5.73. The van der Waals surface area contributed by atoms with Crippen LogP contribution >= 0.6 is 0 Å². The number of ether oxygens (including phenoxy) is 1. The molecule has 0 aromatic heterocycles. The van der Waals surface area contributed by atoms with Crippen LogP contribution in [0, 0.1) is 5.82 Å². The number of rotatable bonds is 6. The Labute approximate surface area is 119 Å². The monoisotopic (exact) mass is 273 g/mol. The predicted molar refractivity (Wildman–Crippen MR) is 80.4 cm³/mol. The van der Waals surface area contributed by atoms with Crippen molar-refractivity contribution < 1.29 is 9.13 Å². The summed E-state index contributed by atoms with van der Waals surface area (Å²) in [6, 6.07) is 12.7. The van der Waals surface area contributed by atoms with E-state index >= 15 is 0 Å². The SMILES string of the molecule is CCCOc1ccccc1-c1cc(F)ccc1CNC. The fourth-order valence-corrected chi connectivity index (χ4v) is 2.17. The van der Waals surface area contributed by atoms with Crippen LogP contribution in [0.4, 0.5) is 4.39 Å². The third kappa shape index (κ3) is 3.36. The van der Waals surface area contributed by atoms with Gasteiger partial charge in [-0.3, -0.25) is 0 Å². The molecule has 2 aromatic carbocycles. The molecule has 0 amide bonds. The van der Waals surface area contributed by atoms with Gasteiger partial charge in [-0.2, -0.15) is 0 Å². The molecule has 0 fully saturated rings. The van der Waals surface area contributed by atoms with Gasteiger partial charge in [-0.25, -0.2) is 4.39 Å². The molecule has 20 heavy (non-hydrogen) atoms. The average molecular weight is 273 g/mol. The van der Waals surface area contributed by atoms with Gasteiger partial charge in [-0.15, -0.1) is 0 Å². The largest absolute Gasteiger partial charge is 0.493 e. The average Bonchev–Trinajstić information content (AvgIpc) is 2.47. The first-order valence-electron chi connectivity index (χ1n) is 6.91. The van der Waals surface area contributed by atoms with Crippen molar-refractivity contribution in [2.45, 2.75) is 19.9 Å². The van der Waals surface area contributed by atoms with Gasteiger partial charge in [0.1, 0.15) is 11.6 Å². The molecule has 2 nitrogen and oxygen atoms in total. The van der Waals surface area contributed by atoms with E-state index in [1.165, 1.54) is 6.07 Å². The van der Waals surface area contributed by atoms with Crippen LogP contribution < -0.4 is 10.1 Å². The van der Waals surface area contributed by atoms with Crippen molar-refractivity contribution in [1.82, 2.24) is 5.32 Å². The molecular formula is C17H20FNO. The number of para-hydroxylation sites is 1. The number of nitrogens with one attached hydrogen (secondary N) is 1. The molecule has 0 atom stereocenters. The molecule has 0 aliphatic heterocycles. The van der Waals surface area contributed by atoms with Gasteiger partial charge in [0.25, 0.3) is 0 Å². The zero-order valence-corrected chi connectivity index (χ0v) is 11.9. The van der Waals surface area contributed by atoms with Crippen molar-refractivity contribution in [3.63, 3.8) is 0 Å². The first kappa shape index (κ1) is 14.5. The van der Waals surface area contributed by atoms with E-state index in [9.17, 15) is 4.39 Å². The van der Waals surface area contributed by atoms with Gasteiger partial charge in [0.2, 0.25) is 0 Å². The Hall–Kier alpha value is -1.87. The molecule has 0 unspecified atom stereocenters. The van der Waals surface area contributed by atoms with Crippen LogP contribution in [0.25, 0.3) is 11.1 Å². The number of hydrogen-bond donors (Lipinski definition) is 1. The summed E-state index contributed by atoms with van der Waals surface area (Å²) in [5.74, 6) is 0.572. The molecule has 0 saturated carbocycles. The molecule has 0 aliphatic carbocycles. The Kier molecular flexibility index (Phi) is 5.13. The number of halogens is 1. The van der Waals surface area contributed by atoms with Crippen molar-refractivity contribution in [3.8, 4) is 16.9 Å². The maximum Gasteiger partial charge on any atom is 0.127 e. The van der Waals surface area contributed by atoms with E-state index in [1.54, 1.807) is 6.07 Å². The summed E-state index contributed by atoms with van der Waals surface area (Å²) in [7, 11) is 1.88. The molecule has 2 aromatic rings. The van der Waals surface area contributed by atoms with Crippen LogP contribution in [0.5, 0.6) is 5.75 Å². The van der Waals surface area contributed by atoms with Crippen molar-refractivity contribution >= 4 is 0 Å². The van der Waals surface area contributed by atoms with E-state index in [0.29, 0.717) is 13.2 Å². The Morgan fingerprint density at radius 2 is 1.90 bits per heavy atom. The van der Waals surface area contributed by atoms with Crippen LogP contribution in [0.15, 0.2) is 42.5 Å². The van der Waals surface area contributed by atoms with Gasteiger partial charge >= 0.3 is 0 Å². The molecule has 0 saturated heterocycles. The lowest BCUT2D eigenvalue weighted by atomic mass is 9.98. The molecule has 106 valence electrons. The zero-order valence-electron chi connectivity index (χ0n) is 11.9. The predicted octanol–water partition coefficient (Wildman–Crippen LogP) is 4.00. The molecule has 1 N–H and O–H groups in total. The molecule has 2 rings (SSSR count). The maximum atomic E-state index is 13.6. The molecule has 0 spiro atoms. The standard InChI is InChI=1S/C17H20FNO/c1-3-10-20-17-7-5-4-6-15(17)16-11-14(18)9-8-13(16)12-19-2/h4-9,11,19H,3,10,12H2,1-2H3. The first-order valence-corrected chi connectivity index (χ1v) is 6.91. The lowest BCUT2D eigenvalue weighted by Gasteiger charge is -2.14. The van der Waals surface area contributed by atoms with Crippen LogP contribution in [0.3, 0.4) is 0 Å². The van der Waals surface area contributed by atoms with Crippen LogP contribution in [-0.2, 0) is 6.54 Å². The van der Waals surface area contributed by atoms with Gasteiger partial charge in [0.15, 0.2) is 0 Å². The maximum absolute atomic E-state index is 13.6. The Balaban J connectivity index is 2.47. The normalized spacial score (nSPS) is 10.6. The highest BCUT2D eigenvalue weighted by Crippen LogP contribution is 2.33. The van der Waals surface area contributed by atoms with Gasteiger partial charge in [-0.05, 0) is 42.8 Å². The van der Waals surface area contributed by atoms with E-state index < -0.39 is 0 Å². The molecule has 0 bridgehead atoms. The van der Waals surface area contributed by atoms with Crippen LogP contribution in [0.2, 0.25) is 0 Å². The molecule has 0 aliphatic rings. The Morgan fingerprint density at radius 1 is 1.10 bits per heavy atom. The summed E-state index contributed by atoms with van der Waals surface area (Å²) < 4.78 is 19.4. The fourth-order valence-electron chi connectivity index (χ4n) is 2.17. The smallest absolute Gasteiger partial charge is 0.127 e. The minimum Gasteiger partial charge on any atom is -0.493 e. The summed E-state index contributed by atoms with van der Waals surface area (Å²) in [6.07, 6.45) is 0.945. The summed E-state index contributed by atoms with van der Waals surface area (Å²) >= 11 is 0. The third-order valence-electron chi connectivity index (χ3n) is 3.08. The molecule has 0 heterocycles. The van der Waals surface area contributed by atoms with Crippen LogP contribution in [0.1, 0.15) is 18.9 Å².